The summed E-state index contributed by atoms with van der Waals surface area (Å²) >= 11 is 0. The van der Waals surface area contributed by atoms with Gasteiger partial charge >= 0.3 is 5.97 Å². The molecular formula is C22H27NO3. The molecule has 4 heteroatoms. The van der Waals surface area contributed by atoms with E-state index in [1.54, 1.807) is 0 Å². The van der Waals surface area contributed by atoms with Crippen molar-refractivity contribution in [3.8, 4) is 0 Å². The van der Waals surface area contributed by atoms with Gasteiger partial charge < -0.3 is 10.1 Å². The third-order valence-electron chi connectivity index (χ3n) is 5.29. The maximum absolute atomic E-state index is 12.7. The highest BCUT2D eigenvalue weighted by atomic mass is 16.5. The normalized spacial score (nSPS) is 20.7. The number of ketones is 1. The van der Waals surface area contributed by atoms with Crippen LogP contribution in [0.15, 0.2) is 46.8 Å². The van der Waals surface area contributed by atoms with Crippen LogP contribution in [0.2, 0.25) is 0 Å². The smallest absolute Gasteiger partial charge is 0.336 e. The van der Waals surface area contributed by atoms with Crippen LogP contribution >= 0.6 is 0 Å². The van der Waals surface area contributed by atoms with Crippen LogP contribution in [0.5, 0.6) is 0 Å². The number of Topliss-reactive ketones (excluding diaryl/α,β-unsaturated/α-hetero) is 1. The van der Waals surface area contributed by atoms with Gasteiger partial charge in [-0.05, 0) is 36.3 Å². The zero-order valence-corrected chi connectivity index (χ0v) is 16.2. The topological polar surface area (TPSA) is 55.4 Å². The molecule has 2 aliphatic rings. The summed E-state index contributed by atoms with van der Waals surface area (Å²) in [5.74, 6) is -0.622. The average molecular weight is 353 g/mol. The van der Waals surface area contributed by atoms with Gasteiger partial charge in [0.25, 0.3) is 0 Å². The van der Waals surface area contributed by atoms with Gasteiger partial charge in [0.2, 0.25) is 0 Å². The molecule has 1 atom stereocenters. The Morgan fingerprint density at radius 2 is 1.81 bits per heavy atom. The first-order chi connectivity index (χ1) is 12.2. The fourth-order valence-electron chi connectivity index (χ4n) is 3.87. The molecule has 1 heterocycles. The minimum absolute atomic E-state index is 0.0503. The van der Waals surface area contributed by atoms with Gasteiger partial charge in [0.1, 0.15) is 0 Å². The van der Waals surface area contributed by atoms with Crippen molar-refractivity contribution in [3.05, 3.63) is 57.9 Å². The van der Waals surface area contributed by atoms with Crippen molar-refractivity contribution >= 4 is 11.8 Å². The number of rotatable bonds is 2. The Morgan fingerprint density at radius 3 is 2.38 bits per heavy atom. The van der Waals surface area contributed by atoms with Crippen molar-refractivity contribution in [1.29, 1.82) is 0 Å². The van der Waals surface area contributed by atoms with E-state index >= 15 is 0 Å². The second kappa shape index (κ2) is 6.75. The van der Waals surface area contributed by atoms with Gasteiger partial charge in [0.05, 0.1) is 12.7 Å². The van der Waals surface area contributed by atoms with Crippen LogP contribution in [0.3, 0.4) is 0 Å². The Labute approximate surface area is 155 Å². The van der Waals surface area contributed by atoms with Crippen molar-refractivity contribution in [2.45, 2.75) is 58.3 Å². The monoisotopic (exact) mass is 353 g/mol. The number of hydrogen-bond donors (Lipinski definition) is 1. The molecule has 4 nitrogen and oxygen atoms in total. The van der Waals surface area contributed by atoms with Crippen LogP contribution in [0.1, 0.15) is 64.0 Å². The summed E-state index contributed by atoms with van der Waals surface area (Å²) in [5.41, 5.74) is 5.22. The molecule has 0 bridgehead atoms. The van der Waals surface area contributed by atoms with E-state index in [0.717, 1.165) is 35.4 Å². The zero-order chi connectivity index (χ0) is 19.1. The number of nitrogens with one attached hydrogen (secondary N) is 1. The summed E-state index contributed by atoms with van der Waals surface area (Å²) in [6.45, 7) is 8.39. The molecule has 0 fully saturated rings. The van der Waals surface area contributed by atoms with Crippen LogP contribution in [0.25, 0.3) is 0 Å². The lowest BCUT2D eigenvalue weighted by Crippen LogP contribution is -2.34. The van der Waals surface area contributed by atoms with E-state index in [0.29, 0.717) is 12.0 Å². The van der Waals surface area contributed by atoms with E-state index in [1.165, 1.54) is 12.7 Å². The Hall–Kier alpha value is -2.36. The Kier molecular flexibility index (Phi) is 4.78. The number of ether oxygens (including phenoxy) is 1. The third-order valence-corrected chi connectivity index (χ3v) is 5.29. The van der Waals surface area contributed by atoms with Crippen molar-refractivity contribution < 1.29 is 14.3 Å². The minimum atomic E-state index is -0.384. The lowest BCUT2D eigenvalue weighted by Gasteiger charge is -2.34. The molecule has 0 aromatic heterocycles. The van der Waals surface area contributed by atoms with Gasteiger partial charge in [-0.3, -0.25) is 4.79 Å². The fourth-order valence-corrected chi connectivity index (χ4v) is 3.87. The number of allylic oxidation sites excluding steroid dienone is 3. The van der Waals surface area contributed by atoms with Gasteiger partial charge in [-0.2, -0.15) is 0 Å². The molecule has 3 rings (SSSR count). The van der Waals surface area contributed by atoms with Gasteiger partial charge in [-0.25, -0.2) is 4.79 Å². The van der Waals surface area contributed by atoms with Crippen LogP contribution < -0.4 is 5.32 Å². The maximum Gasteiger partial charge on any atom is 0.336 e. The summed E-state index contributed by atoms with van der Waals surface area (Å²) in [6, 6.07) is 8.27. The van der Waals surface area contributed by atoms with E-state index in [1.807, 2.05) is 19.1 Å². The van der Waals surface area contributed by atoms with Gasteiger partial charge in [-0.1, -0.05) is 45.0 Å². The molecule has 138 valence electrons. The van der Waals surface area contributed by atoms with Crippen molar-refractivity contribution in [2.75, 3.05) is 7.11 Å². The number of esters is 1. The van der Waals surface area contributed by atoms with Crippen molar-refractivity contribution in [1.82, 2.24) is 5.32 Å². The molecule has 1 unspecified atom stereocenters. The van der Waals surface area contributed by atoms with E-state index in [9.17, 15) is 9.59 Å². The predicted octanol–water partition coefficient (Wildman–Crippen LogP) is 4.13. The molecule has 0 saturated heterocycles. The van der Waals surface area contributed by atoms with Gasteiger partial charge in [0.15, 0.2) is 5.78 Å². The highest BCUT2D eigenvalue weighted by Crippen LogP contribution is 2.42. The molecule has 0 amide bonds. The maximum atomic E-state index is 12.7. The molecule has 0 spiro atoms. The van der Waals surface area contributed by atoms with Crippen molar-refractivity contribution in [3.63, 3.8) is 0 Å². The third kappa shape index (κ3) is 3.20. The molecule has 0 radical (unpaired) electrons. The number of methoxy groups -OCH3 is 1. The van der Waals surface area contributed by atoms with Crippen LogP contribution in [0.4, 0.5) is 0 Å². The number of hydrogen-bond acceptors (Lipinski definition) is 4. The van der Waals surface area contributed by atoms with Crippen LogP contribution in [-0.4, -0.2) is 18.9 Å². The molecular weight excluding hydrogens is 326 g/mol. The van der Waals surface area contributed by atoms with E-state index in [4.69, 9.17) is 4.74 Å². The lowest BCUT2D eigenvalue weighted by atomic mass is 9.74. The highest BCUT2D eigenvalue weighted by molar-refractivity contribution is 6.03. The van der Waals surface area contributed by atoms with E-state index < -0.39 is 0 Å². The highest BCUT2D eigenvalue weighted by Gasteiger charge is 2.38. The minimum Gasteiger partial charge on any atom is -0.466 e. The summed E-state index contributed by atoms with van der Waals surface area (Å²) in [7, 11) is 1.38. The van der Waals surface area contributed by atoms with E-state index in [-0.39, 0.29) is 23.1 Å². The molecule has 26 heavy (non-hydrogen) atoms. The SMILES string of the molecule is COC(=O)C1=C(C)NC2=C(C(=O)CCC2)C1c1ccc(C(C)(C)C)cc1. The molecule has 1 aromatic carbocycles. The zero-order valence-electron chi connectivity index (χ0n) is 16.2. The summed E-state index contributed by atoms with van der Waals surface area (Å²) in [5, 5.41) is 3.29. The summed E-state index contributed by atoms with van der Waals surface area (Å²) in [4.78, 5) is 25.2. The van der Waals surface area contributed by atoms with E-state index in [2.05, 4.69) is 38.2 Å². The predicted molar refractivity (Wildman–Crippen MR) is 102 cm³/mol. The lowest BCUT2D eigenvalue weighted by molar-refractivity contribution is -0.136. The van der Waals surface area contributed by atoms with Crippen LogP contribution in [-0.2, 0) is 19.7 Å². The molecule has 1 aliphatic heterocycles. The van der Waals surface area contributed by atoms with Gasteiger partial charge in [0, 0.05) is 29.3 Å². The first-order valence-electron chi connectivity index (χ1n) is 9.17. The van der Waals surface area contributed by atoms with Crippen LogP contribution in [0, 0.1) is 0 Å². The second-order valence-corrected chi connectivity index (χ2v) is 8.13. The number of benzene rings is 1. The number of carbonyl (C=O) groups is 2. The summed E-state index contributed by atoms with van der Waals surface area (Å²) in [6.07, 6.45) is 2.22. The number of carbonyl (C=O) groups excluding carboxylic acids is 2. The average Bonchev–Trinajstić information content (AvgIpc) is 2.59. The Balaban J connectivity index is 2.14. The number of dihydropyridines is 1. The standard InChI is InChI=1S/C22H27NO3/c1-13-18(21(25)26-5)19(20-16(23-13)7-6-8-17(20)24)14-9-11-15(12-10-14)22(2,3)4/h9-12,19,23H,6-8H2,1-5H3. The molecule has 1 aliphatic carbocycles. The van der Waals surface area contributed by atoms with Gasteiger partial charge in [-0.15, -0.1) is 0 Å². The largest absolute Gasteiger partial charge is 0.466 e. The second-order valence-electron chi connectivity index (χ2n) is 8.13. The quantitative estimate of drug-likeness (QED) is 0.813. The summed E-state index contributed by atoms with van der Waals surface area (Å²) < 4.78 is 5.03. The molecule has 0 saturated carbocycles. The first-order valence-corrected chi connectivity index (χ1v) is 9.17. The Morgan fingerprint density at radius 1 is 1.15 bits per heavy atom. The Bertz CT molecular complexity index is 807. The fraction of sp³-hybridized carbons (Fsp3) is 0.455. The van der Waals surface area contributed by atoms with Crippen molar-refractivity contribution in [2.24, 2.45) is 0 Å². The first kappa shape index (κ1) is 18.4. The molecule has 1 N–H and O–H groups in total. The molecule has 1 aromatic rings.